The number of rotatable bonds is 5. The van der Waals surface area contributed by atoms with Crippen LogP contribution in [0.5, 0.6) is 0 Å². The van der Waals surface area contributed by atoms with Crippen LogP contribution in [0.3, 0.4) is 0 Å². The number of thioether (sulfide) groups is 1. The van der Waals surface area contributed by atoms with Gasteiger partial charge in [-0.25, -0.2) is 0 Å². The second-order valence-corrected chi connectivity index (χ2v) is 8.94. The van der Waals surface area contributed by atoms with Crippen molar-refractivity contribution in [3.8, 4) is 0 Å². The number of aryl methyl sites for hydroxylation is 3. The van der Waals surface area contributed by atoms with Crippen LogP contribution in [0, 0.1) is 13.8 Å². The zero-order valence-electron chi connectivity index (χ0n) is 15.2. The molecule has 2 aromatic heterocycles. The lowest BCUT2D eigenvalue weighted by atomic mass is 9.93. The summed E-state index contributed by atoms with van der Waals surface area (Å²) >= 11 is 2.09. The molecule has 0 aromatic carbocycles. The number of nitrogens with zero attached hydrogens (tertiary/aromatic N) is 4. The molecule has 2 aromatic rings. The van der Waals surface area contributed by atoms with Crippen LogP contribution in [-0.2, 0) is 24.9 Å². The van der Waals surface area contributed by atoms with Gasteiger partial charge in [-0.3, -0.25) is 14.6 Å². The van der Waals surface area contributed by atoms with Crippen molar-refractivity contribution in [1.82, 2.24) is 19.7 Å². The first-order valence-electron chi connectivity index (χ1n) is 8.91. The largest absolute Gasteiger partial charge is 0.371 e. The first-order chi connectivity index (χ1) is 12.0. The molecular weight excluding hydrogens is 332 g/mol. The Morgan fingerprint density at radius 3 is 2.84 bits per heavy atom. The van der Waals surface area contributed by atoms with E-state index >= 15 is 0 Å². The molecule has 0 unspecified atom stereocenters. The van der Waals surface area contributed by atoms with Crippen LogP contribution in [0.4, 0.5) is 0 Å². The third-order valence-corrected chi connectivity index (χ3v) is 6.67. The van der Waals surface area contributed by atoms with E-state index < -0.39 is 0 Å². The smallest absolute Gasteiger partial charge is 0.0892 e. The average Bonchev–Trinajstić information content (AvgIpc) is 3.09. The van der Waals surface area contributed by atoms with Gasteiger partial charge in [-0.2, -0.15) is 5.10 Å². The number of likely N-dealkylation sites (tertiary alicyclic amines) is 1. The van der Waals surface area contributed by atoms with Gasteiger partial charge in [0.2, 0.25) is 0 Å². The van der Waals surface area contributed by atoms with Crippen LogP contribution >= 0.6 is 11.8 Å². The Morgan fingerprint density at radius 2 is 2.12 bits per heavy atom. The molecule has 134 valence electrons. The van der Waals surface area contributed by atoms with Gasteiger partial charge in [-0.15, -0.1) is 11.8 Å². The molecule has 0 saturated carbocycles. The summed E-state index contributed by atoms with van der Waals surface area (Å²) in [7, 11) is 2.03. The van der Waals surface area contributed by atoms with Crippen molar-refractivity contribution in [2.45, 2.75) is 44.3 Å². The van der Waals surface area contributed by atoms with E-state index in [4.69, 9.17) is 4.74 Å². The molecule has 2 aliphatic rings. The standard InChI is InChI=1S/C19H26N4OS/c1-14-5-4-6-16(20-14)10-24-18-8-19(25-11-18)12-23(13-19)9-17-7-15(2)21-22(17)3/h4-7,18H,8-13H2,1-3H3/t18-/m1/s1. The molecule has 2 saturated heterocycles. The number of hydrogen-bond acceptors (Lipinski definition) is 5. The summed E-state index contributed by atoms with van der Waals surface area (Å²) in [6, 6.07) is 8.31. The predicted molar refractivity (Wildman–Crippen MR) is 101 cm³/mol. The molecule has 2 fully saturated rings. The third-order valence-electron chi connectivity index (χ3n) is 5.10. The first-order valence-corrected chi connectivity index (χ1v) is 9.90. The lowest BCUT2D eigenvalue weighted by Crippen LogP contribution is -2.58. The highest BCUT2D eigenvalue weighted by Gasteiger charge is 2.49. The summed E-state index contributed by atoms with van der Waals surface area (Å²) in [5, 5.41) is 4.44. The fourth-order valence-corrected chi connectivity index (χ4v) is 5.54. The molecule has 4 rings (SSSR count). The molecule has 0 bridgehead atoms. The third kappa shape index (κ3) is 3.76. The Labute approximate surface area is 153 Å². The monoisotopic (exact) mass is 358 g/mol. The Bertz CT molecular complexity index is 754. The van der Waals surface area contributed by atoms with Crippen molar-refractivity contribution in [2.75, 3.05) is 18.8 Å². The van der Waals surface area contributed by atoms with E-state index in [9.17, 15) is 0 Å². The van der Waals surface area contributed by atoms with Gasteiger partial charge in [0.1, 0.15) is 0 Å². The quantitative estimate of drug-likeness (QED) is 0.822. The lowest BCUT2D eigenvalue weighted by Gasteiger charge is -2.47. The van der Waals surface area contributed by atoms with Crippen LogP contribution in [0.25, 0.3) is 0 Å². The molecule has 1 spiro atoms. The van der Waals surface area contributed by atoms with Gasteiger partial charge in [-0.05, 0) is 38.5 Å². The van der Waals surface area contributed by atoms with Crippen molar-refractivity contribution in [2.24, 2.45) is 7.05 Å². The number of ether oxygens (including phenoxy) is 1. The van der Waals surface area contributed by atoms with Gasteiger partial charge in [0.25, 0.3) is 0 Å². The molecule has 2 aliphatic heterocycles. The second kappa shape index (κ2) is 6.74. The Morgan fingerprint density at radius 1 is 1.28 bits per heavy atom. The highest BCUT2D eigenvalue weighted by atomic mass is 32.2. The Hall–Kier alpha value is -1.37. The Balaban J connectivity index is 1.25. The fraction of sp³-hybridized carbons (Fsp3) is 0.579. The van der Waals surface area contributed by atoms with Crippen LogP contribution in [-0.4, -0.2) is 49.4 Å². The molecule has 0 radical (unpaired) electrons. The minimum atomic E-state index is 0.355. The van der Waals surface area contributed by atoms with E-state index in [1.807, 2.05) is 30.8 Å². The summed E-state index contributed by atoms with van der Waals surface area (Å²) < 4.78 is 8.54. The second-order valence-electron chi connectivity index (χ2n) is 7.45. The zero-order valence-corrected chi connectivity index (χ0v) is 16.1. The van der Waals surface area contributed by atoms with E-state index in [0.717, 1.165) is 48.9 Å². The maximum atomic E-state index is 6.14. The van der Waals surface area contributed by atoms with Gasteiger partial charge in [-0.1, -0.05) is 6.07 Å². The van der Waals surface area contributed by atoms with Crippen molar-refractivity contribution in [3.63, 3.8) is 0 Å². The number of pyridine rings is 1. The van der Waals surface area contributed by atoms with Gasteiger partial charge < -0.3 is 4.74 Å². The molecule has 4 heterocycles. The van der Waals surface area contributed by atoms with Crippen LogP contribution in [0.2, 0.25) is 0 Å². The fourth-order valence-electron chi connectivity index (χ4n) is 3.93. The molecule has 25 heavy (non-hydrogen) atoms. The maximum absolute atomic E-state index is 6.14. The maximum Gasteiger partial charge on any atom is 0.0892 e. The highest BCUT2D eigenvalue weighted by molar-refractivity contribution is 8.01. The summed E-state index contributed by atoms with van der Waals surface area (Å²) in [5.41, 5.74) is 4.49. The molecule has 0 N–H and O–H groups in total. The highest BCUT2D eigenvalue weighted by Crippen LogP contribution is 2.46. The first kappa shape index (κ1) is 17.1. The SMILES string of the molecule is Cc1cccc(CO[C@H]2CSC3(C2)CN(Cc2cc(C)nn2C)C3)n1. The minimum Gasteiger partial charge on any atom is -0.371 e. The van der Waals surface area contributed by atoms with Crippen LogP contribution in [0.1, 0.15) is 29.2 Å². The summed E-state index contributed by atoms with van der Waals surface area (Å²) in [6.07, 6.45) is 1.51. The minimum absolute atomic E-state index is 0.355. The number of aromatic nitrogens is 3. The molecular formula is C19H26N4OS. The normalized spacial score (nSPS) is 22.4. The van der Waals surface area contributed by atoms with E-state index in [-0.39, 0.29) is 0 Å². The summed E-state index contributed by atoms with van der Waals surface area (Å²) in [5.74, 6) is 1.10. The zero-order chi connectivity index (χ0) is 17.4. The van der Waals surface area contributed by atoms with Gasteiger partial charge >= 0.3 is 0 Å². The van der Waals surface area contributed by atoms with Crippen molar-refractivity contribution >= 4 is 11.8 Å². The molecule has 6 heteroatoms. The molecule has 1 atom stereocenters. The van der Waals surface area contributed by atoms with Crippen LogP contribution in [0.15, 0.2) is 24.3 Å². The average molecular weight is 359 g/mol. The summed E-state index contributed by atoms with van der Waals surface area (Å²) in [6.45, 7) is 8.02. The predicted octanol–water partition coefficient (Wildman–Crippen LogP) is 2.71. The van der Waals surface area contributed by atoms with Crippen molar-refractivity contribution in [1.29, 1.82) is 0 Å². The van der Waals surface area contributed by atoms with E-state index in [1.54, 1.807) is 0 Å². The van der Waals surface area contributed by atoms with E-state index in [0.29, 0.717) is 17.5 Å². The van der Waals surface area contributed by atoms with Crippen molar-refractivity contribution in [3.05, 3.63) is 47.0 Å². The van der Waals surface area contributed by atoms with E-state index in [1.165, 1.54) is 5.69 Å². The molecule has 5 nitrogen and oxygen atoms in total. The Kier molecular flexibility index (Phi) is 4.60. The topological polar surface area (TPSA) is 43.2 Å². The van der Waals surface area contributed by atoms with Crippen LogP contribution < -0.4 is 0 Å². The van der Waals surface area contributed by atoms with Gasteiger partial charge in [0, 0.05) is 42.9 Å². The van der Waals surface area contributed by atoms with Gasteiger partial charge in [0.05, 0.1) is 29.8 Å². The summed E-state index contributed by atoms with van der Waals surface area (Å²) in [4.78, 5) is 7.05. The molecule has 0 aliphatic carbocycles. The number of hydrogen-bond donors (Lipinski definition) is 0. The lowest BCUT2D eigenvalue weighted by molar-refractivity contribution is 0.0245. The molecule has 0 amide bonds. The van der Waals surface area contributed by atoms with Crippen molar-refractivity contribution < 1.29 is 4.74 Å². The van der Waals surface area contributed by atoms with E-state index in [2.05, 4.69) is 45.8 Å². The van der Waals surface area contributed by atoms with Gasteiger partial charge in [0.15, 0.2) is 0 Å².